The van der Waals surface area contributed by atoms with Crippen molar-refractivity contribution in [2.24, 2.45) is 11.8 Å². The van der Waals surface area contributed by atoms with Crippen LogP contribution < -0.4 is 11.3 Å². The zero-order valence-electron chi connectivity index (χ0n) is 11.0. The Morgan fingerprint density at radius 1 is 1.47 bits per heavy atom. The third-order valence-corrected chi connectivity index (χ3v) is 4.04. The highest BCUT2D eigenvalue weighted by molar-refractivity contribution is 7.99. The smallest absolute Gasteiger partial charge is 0.0522 e. The first kappa shape index (κ1) is 14.5. The van der Waals surface area contributed by atoms with Crippen molar-refractivity contribution >= 4 is 11.8 Å². The van der Waals surface area contributed by atoms with E-state index in [-0.39, 0.29) is 0 Å². The molecule has 0 aliphatic carbocycles. The van der Waals surface area contributed by atoms with Crippen LogP contribution in [0.2, 0.25) is 0 Å². The zero-order chi connectivity index (χ0) is 12.7. The average Bonchev–Trinajstić information content (AvgIpc) is 2.75. The van der Waals surface area contributed by atoms with Gasteiger partial charge in [0.05, 0.1) is 6.20 Å². The molecular weight excluding hydrogens is 232 g/mol. The van der Waals surface area contributed by atoms with Crippen molar-refractivity contribution in [2.75, 3.05) is 11.5 Å². The molecule has 1 aromatic rings. The lowest BCUT2D eigenvalue weighted by molar-refractivity contribution is 0.574. The third kappa shape index (κ3) is 5.57. The second-order valence-corrected chi connectivity index (χ2v) is 5.78. The minimum Gasteiger partial charge on any atom is -0.273 e. The van der Waals surface area contributed by atoms with Crippen LogP contribution in [0, 0.1) is 5.92 Å². The quantitative estimate of drug-likeness (QED) is 0.549. The first-order chi connectivity index (χ1) is 8.15. The number of hydrazine groups is 1. The molecule has 0 fully saturated rings. The molecule has 0 aromatic carbocycles. The Balaban J connectivity index is 2.35. The van der Waals surface area contributed by atoms with Crippen molar-refractivity contribution in [1.82, 2.24) is 15.2 Å². The molecule has 1 heterocycles. The van der Waals surface area contributed by atoms with Gasteiger partial charge in [0.2, 0.25) is 0 Å². The second-order valence-electron chi connectivity index (χ2n) is 4.70. The van der Waals surface area contributed by atoms with Crippen molar-refractivity contribution in [3.8, 4) is 0 Å². The van der Waals surface area contributed by atoms with Crippen LogP contribution in [0.3, 0.4) is 0 Å². The Bertz CT molecular complexity index is 311. The summed E-state index contributed by atoms with van der Waals surface area (Å²) in [6.07, 6.45) is 4.97. The van der Waals surface area contributed by atoms with Gasteiger partial charge in [-0.05, 0) is 30.6 Å². The van der Waals surface area contributed by atoms with Crippen molar-refractivity contribution < 1.29 is 0 Å². The summed E-state index contributed by atoms with van der Waals surface area (Å²) in [6.45, 7) is 7.49. The van der Waals surface area contributed by atoms with E-state index < -0.39 is 0 Å². The second kappa shape index (κ2) is 7.74. The number of aryl methyl sites for hydroxylation is 1. The Hall–Kier alpha value is -0.520. The maximum atomic E-state index is 5.59. The zero-order valence-corrected chi connectivity index (χ0v) is 11.8. The summed E-state index contributed by atoms with van der Waals surface area (Å²) < 4.78 is 1.95. The van der Waals surface area contributed by atoms with E-state index in [9.17, 15) is 0 Å². The van der Waals surface area contributed by atoms with Gasteiger partial charge in [-0.15, -0.1) is 0 Å². The fourth-order valence-corrected chi connectivity index (χ4v) is 2.69. The molecule has 5 heteroatoms. The molecule has 1 rings (SSSR count). The van der Waals surface area contributed by atoms with E-state index in [1.165, 1.54) is 11.3 Å². The molecule has 17 heavy (non-hydrogen) atoms. The van der Waals surface area contributed by atoms with Gasteiger partial charge in [-0.1, -0.05) is 13.8 Å². The van der Waals surface area contributed by atoms with Crippen LogP contribution in [0.25, 0.3) is 0 Å². The van der Waals surface area contributed by atoms with Gasteiger partial charge in [-0.3, -0.25) is 16.0 Å². The van der Waals surface area contributed by atoms with Gasteiger partial charge in [-0.25, -0.2) is 0 Å². The SMILES string of the molecule is CCn1cc(CC(CSCC(C)C)NN)cn1. The maximum absolute atomic E-state index is 5.59. The lowest BCUT2D eigenvalue weighted by atomic mass is 10.1. The molecule has 0 saturated heterocycles. The van der Waals surface area contributed by atoms with Crippen molar-refractivity contribution in [2.45, 2.75) is 39.8 Å². The number of hydrogen-bond donors (Lipinski definition) is 2. The highest BCUT2D eigenvalue weighted by Crippen LogP contribution is 2.11. The topological polar surface area (TPSA) is 55.9 Å². The minimum atomic E-state index is 0.327. The van der Waals surface area contributed by atoms with Gasteiger partial charge < -0.3 is 0 Å². The van der Waals surface area contributed by atoms with E-state index in [1.54, 1.807) is 0 Å². The molecule has 0 bridgehead atoms. The Kier molecular flexibility index (Phi) is 6.62. The molecule has 1 unspecified atom stereocenters. The average molecular weight is 256 g/mol. The van der Waals surface area contributed by atoms with Gasteiger partial charge in [-0.2, -0.15) is 16.9 Å². The predicted octanol–water partition coefficient (Wildman–Crippen LogP) is 1.67. The summed E-state index contributed by atoms with van der Waals surface area (Å²) in [5, 5.41) is 4.27. The largest absolute Gasteiger partial charge is 0.273 e. The van der Waals surface area contributed by atoms with E-state index >= 15 is 0 Å². The van der Waals surface area contributed by atoms with Gasteiger partial charge in [0, 0.05) is 24.5 Å². The summed E-state index contributed by atoms with van der Waals surface area (Å²) in [5.41, 5.74) is 4.14. The first-order valence-electron chi connectivity index (χ1n) is 6.20. The normalized spacial score (nSPS) is 13.2. The monoisotopic (exact) mass is 256 g/mol. The standard InChI is InChI=1S/C12H24N4S/c1-4-16-7-11(6-14-16)5-12(15-13)9-17-8-10(2)3/h6-7,10,12,15H,4-5,8-9,13H2,1-3H3. The Labute approximate surface area is 108 Å². The fraction of sp³-hybridized carbons (Fsp3) is 0.750. The number of hydrogen-bond acceptors (Lipinski definition) is 4. The highest BCUT2D eigenvalue weighted by Gasteiger charge is 2.09. The molecule has 1 aromatic heterocycles. The summed E-state index contributed by atoms with van der Waals surface area (Å²) >= 11 is 1.96. The predicted molar refractivity (Wildman–Crippen MR) is 74.9 cm³/mol. The molecule has 98 valence electrons. The molecule has 0 saturated carbocycles. The van der Waals surface area contributed by atoms with Crippen LogP contribution in [0.15, 0.2) is 12.4 Å². The molecule has 3 N–H and O–H groups in total. The Morgan fingerprint density at radius 2 is 2.24 bits per heavy atom. The lowest BCUT2D eigenvalue weighted by Crippen LogP contribution is -2.38. The van der Waals surface area contributed by atoms with Gasteiger partial charge in [0.15, 0.2) is 0 Å². The maximum Gasteiger partial charge on any atom is 0.0522 e. The number of nitrogens with two attached hydrogens (primary N) is 1. The first-order valence-corrected chi connectivity index (χ1v) is 7.36. The third-order valence-electron chi connectivity index (χ3n) is 2.50. The van der Waals surface area contributed by atoms with Crippen LogP contribution in [0.5, 0.6) is 0 Å². The molecule has 0 aliphatic heterocycles. The molecule has 0 aliphatic rings. The van der Waals surface area contributed by atoms with Crippen molar-refractivity contribution in [1.29, 1.82) is 0 Å². The number of nitrogens with one attached hydrogen (secondary N) is 1. The van der Waals surface area contributed by atoms with E-state index in [0.717, 1.165) is 24.6 Å². The van der Waals surface area contributed by atoms with Crippen molar-refractivity contribution in [3.05, 3.63) is 18.0 Å². The van der Waals surface area contributed by atoms with Crippen molar-refractivity contribution in [3.63, 3.8) is 0 Å². The number of aromatic nitrogens is 2. The fourth-order valence-electron chi connectivity index (χ4n) is 1.58. The molecule has 0 radical (unpaired) electrons. The van der Waals surface area contributed by atoms with E-state index in [1.807, 2.05) is 22.6 Å². The number of rotatable bonds is 8. The summed E-state index contributed by atoms with van der Waals surface area (Å²) in [6, 6.07) is 0.327. The molecular formula is C12H24N4S. The van der Waals surface area contributed by atoms with Crippen LogP contribution in [0.4, 0.5) is 0 Å². The van der Waals surface area contributed by atoms with E-state index in [2.05, 4.69) is 37.5 Å². The minimum absolute atomic E-state index is 0.327. The van der Waals surface area contributed by atoms with E-state index in [0.29, 0.717) is 6.04 Å². The van der Waals surface area contributed by atoms with Crippen LogP contribution in [-0.2, 0) is 13.0 Å². The lowest BCUT2D eigenvalue weighted by Gasteiger charge is -2.15. The highest BCUT2D eigenvalue weighted by atomic mass is 32.2. The van der Waals surface area contributed by atoms with Crippen LogP contribution in [0.1, 0.15) is 26.3 Å². The van der Waals surface area contributed by atoms with E-state index in [4.69, 9.17) is 5.84 Å². The number of thioether (sulfide) groups is 1. The molecule has 0 amide bonds. The summed E-state index contributed by atoms with van der Waals surface area (Å²) in [7, 11) is 0. The summed E-state index contributed by atoms with van der Waals surface area (Å²) in [4.78, 5) is 0. The molecule has 0 spiro atoms. The van der Waals surface area contributed by atoms with Gasteiger partial charge in [0.25, 0.3) is 0 Å². The van der Waals surface area contributed by atoms with Gasteiger partial charge >= 0.3 is 0 Å². The number of nitrogens with zero attached hydrogens (tertiary/aromatic N) is 2. The Morgan fingerprint density at radius 3 is 2.76 bits per heavy atom. The van der Waals surface area contributed by atoms with Crippen LogP contribution in [-0.4, -0.2) is 27.3 Å². The molecule has 1 atom stereocenters. The molecule has 4 nitrogen and oxygen atoms in total. The van der Waals surface area contributed by atoms with Gasteiger partial charge in [0.1, 0.15) is 0 Å². The summed E-state index contributed by atoms with van der Waals surface area (Å²) in [5.74, 6) is 8.56. The van der Waals surface area contributed by atoms with Crippen LogP contribution >= 0.6 is 11.8 Å².